The quantitative estimate of drug-likeness (QED) is 0.503. The van der Waals surface area contributed by atoms with Crippen LogP contribution in [0.2, 0.25) is 0 Å². The van der Waals surface area contributed by atoms with E-state index in [1.807, 2.05) is 78.9 Å². The van der Waals surface area contributed by atoms with Crippen LogP contribution >= 0.6 is 0 Å². The third-order valence-corrected chi connectivity index (χ3v) is 3.60. The number of nitrogens with one attached hydrogen (secondary N) is 1. The van der Waals surface area contributed by atoms with Crippen molar-refractivity contribution in [2.45, 2.75) is 6.61 Å². The zero-order valence-corrected chi connectivity index (χ0v) is 14.1. The average Bonchev–Trinajstić information content (AvgIpc) is 2.68. The van der Waals surface area contributed by atoms with Crippen molar-refractivity contribution in [3.8, 4) is 11.5 Å². The van der Waals surface area contributed by atoms with E-state index in [0.29, 0.717) is 6.61 Å². The Bertz CT molecular complexity index is 815. The lowest BCUT2D eigenvalue weighted by Gasteiger charge is -2.08. The summed E-state index contributed by atoms with van der Waals surface area (Å²) in [6.07, 6.45) is 1.78. The molecule has 0 fully saturated rings. The van der Waals surface area contributed by atoms with Gasteiger partial charge in [0.2, 0.25) is 0 Å². The zero-order valence-electron chi connectivity index (χ0n) is 14.1. The summed E-state index contributed by atoms with van der Waals surface area (Å²) in [5.74, 6) is 1.65. The van der Waals surface area contributed by atoms with Crippen LogP contribution in [0.25, 0.3) is 0 Å². The number of hydrazone groups is 1. The Hall–Kier alpha value is -3.27. The standard InChI is InChI=1S/C21H20N2O2/c1-24-21-9-5-6-18(14-21)16-25-20-12-10-17(11-13-20)15-22-23-19-7-3-2-4-8-19/h2-15,23H,16H2,1H3. The fourth-order valence-electron chi connectivity index (χ4n) is 2.27. The van der Waals surface area contributed by atoms with E-state index < -0.39 is 0 Å². The van der Waals surface area contributed by atoms with E-state index in [1.165, 1.54) is 0 Å². The van der Waals surface area contributed by atoms with E-state index in [9.17, 15) is 0 Å². The van der Waals surface area contributed by atoms with Gasteiger partial charge < -0.3 is 9.47 Å². The minimum absolute atomic E-state index is 0.500. The highest BCUT2D eigenvalue weighted by molar-refractivity contribution is 5.80. The van der Waals surface area contributed by atoms with Crippen molar-refractivity contribution in [1.82, 2.24) is 0 Å². The van der Waals surface area contributed by atoms with Gasteiger partial charge in [0.25, 0.3) is 0 Å². The van der Waals surface area contributed by atoms with Crippen LogP contribution in [-0.4, -0.2) is 13.3 Å². The Morgan fingerprint density at radius 3 is 2.44 bits per heavy atom. The summed E-state index contributed by atoms with van der Waals surface area (Å²) in [5, 5.41) is 4.22. The third kappa shape index (κ3) is 5.11. The summed E-state index contributed by atoms with van der Waals surface area (Å²) >= 11 is 0. The molecule has 0 aliphatic rings. The van der Waals surface area contributed by atoms with Gasteiger partial charge in [0.15, 0.2) is 0 Å². The summed E-state index contributed by atoms with van der Waals surface area (Å²) in [6, 6.07) is 25.5. The second kappa shape index (κ2) is 8.55. The monoisotopic (exact) mass is 332 g/mol. The average molecular weight is 332 g/mol. The lowest BCUT2D eigenvalue weighted by Crippen LogP contribution is -1.96. The number of rotatable bonds is 7. The maximum Gasteiger partial charge on any atom is 0.119 e. The zero-order chi connectivity index (χ0) is 17.3. The molecular weight excluding hydrogens is 312 g/mol. The largest absolute Gasteiger partial charge is 0.497 e. The number of hydrogen-bond donors (Lipinski definition) is 1. The molecule has 0 saturated carbocycles. The van der Waals surface area contributed by atoms with E-state index in [0.717, 1.165) is 28.3 Å². The molecule has 1 N–H and O–H groups in total. The second-order valence-corrected chi connectivity index (χ2v) is 5.45. The highest BCUT2D eigenvalue weighted by Crippen LogP contribution is 2.16. The number of anilines is 1. The highest BCUT2D eigenvalue weighted by Gasteiger charge is 1.98. The number of para-hydroxylation sites is 1. The van der Waals surface area contributed by atoms with Crippen LogP contribution in [0.1, 0.15) is 11.1 Å². The first kappa shape index (κ1) is 16.6. The topological polar surface area (TPSA) is 42.9 Å². The molecule has 25 heavy (non-hydrogen) atoms. The minimum Gasteiger partial charge on any atom is -0.497 e. The molecule has 3 aromatic rings. The molecule has 4 heteroatoms. The molecule has 0 spiro atoms. The SMILES string of the molecule is COc1cccc(COc2ccc(C=NNc3ccccc3)cc2)c1. The summed E-state index contributed by atoms with van der Waals surface area (Å²) in [7, 11) is 1.66. The van der Waals surface area contributed by atoms with Gasteiger partial charge in [-0.05, 0) is 59.7 Å². The smallest absolute Gasteiger partial charge is 0.119 e. The van der Waals surface area contributed by atoms with Gasteiger partial charge >= 0.3 is 0 Å². The van der Waals surface area contributed by atoms with Crippen molar-refractivity contribution in [1.29, 1.82) is 0 Å². The van der Waals surface area contributed by atoms with E-state index >= 15 is 0 Å². The summed E-state index contributed by atoms with van der Waals surface area (Å²) < 4.78 is 11.0. The van der Waals surface area contributed by atoms with Crippen LogP contribution in [-0.2, 0) is 6.61 Å². The van der Waals surface area contributed by atoms with E-state index in [4.69, 9.17) is 9.47 Å². The maximum absolute atomic E-state index is 5.80. The van der Waals surface area contributed by atoms with Gasteiger partial charge in [-0.3, -0.25) is 5.43 Å². The fraction of sp³-hybridized carbons (Fsp3) is 0.0952. The van der Waals surface area contributed by atoms with Crippen LogP contribution in [0.4, 0.5) is 5.69 Å². The van der Waals surface area contributed by atoms with Gasteiger partial charge in [-0.2, -0.15) is 5.10 Å². The number of benzene rings is 3. The molecule has 0 aromatic heterocycles. The van der Waals surface area contributed by atoms with Crippen LogP contribution < -0.4 is 14.9 Å². The Balaban J connectivity index is 1.53. The van der Waals surface area contributed by atoms with E-state index in [2.05, 4.69) is 10.5 Å². The summed E-state index contributed by atoms with van der Waals surface area (Å²) in [5.41, 5.74) is 6.01. The van der Waals surface area contributed by atoms with Gasteiger partial charge in [-0.25, -0.2) is 0 Å². The highest BCUT2D eigenvalue weighted by atomic mass is 16.5. The predicted octanol–water partition coefficient (Wildman–Crippen LogP) is 4.72. The molecule has 3 aromatic carbocycles. The first-order chi connectivity index (χ1) is 12.3. The molecule has 0 radical (unpaired) electrons. The van der Waals surface area contributed by atoms with Gasteiger partial charge in [0.1, 0.15) is 18.1 Å². The van der Waals surface area contributed by atoms with Crippen LogP contribution in [0.3, 0.4) is 0 Å². The molecular formula is C21H20N2O2. The van der Waals surface area contributed by atoms with Crippen LogP contribution in [0.15, 0.2) is 84.0 Å². The Kier molecular flexibility index (Phi) is 5.67. The first-order valence-corrected chi connectivity index (χ1v) is 8.03. The molecule has 0 bridgehead atoms. The number of hydrogen-bond acceptors (Lipinski definition) is 4. The lowest BCUT2D eigenvalue weighted by atomic mass is 10.2. The third-order valence-electron chi connectivity index (χ3n) is 3.60. The van der Waals surface area contributed by atoms with Crippen molar-refractivity contribution >= 4 is 11.9 Å². The van der Waals surface area contributed by atoms with Gasteiger partial charge in [-0.15, -0.1) is 0 Å². The Morgan fingerprint density at radius 2 is 1.68 bits per heavy atom. The maximum atomic E-state index is 5.80. The summed E-state index contributed by atoms with van der Waals surface area (Å²) in [4.78, 5) is 0. The normalized spacial score (nSPS) is 10.6. The molecule has 0 amide bonds. The van der Waals surface area contributed by atoms with Crippen molar-refractivity contribution in [3.63, 3.8) is 0 Å². The van der Waals surface area contributed by atoms with Crippen molar-refractivity contribution in [2.75, 3.05) is 12.5 Å². The first-order valence-electron chi connectivity index (χ1n) is 8.03. The Morgan fingerprint density at radius 1 is 0.880 bits per heavy atom. The van der Waals surface area contributed by atoms with Crippen LogP contribution in [0, 0.1) is 0 Å². The number of nitrogens with zero attached hydrogens (tertiary/aromatic N) is 1. The predicted molar refractivity (Wildman–Crippen MR) is 101 cm³/mol. The molecule has 0 heterocycles. The number of ether oxygens (including phenoxy) is 2. The molecule has 0 saturated heterocycles. The molecule has 0 atom stereocenters. The van der Waals surface area contributed by atoms with Gasteiger partial charge in [0, 0.05) is 0 Å². The lowest BCUT2D eigenvalue weighted by molar-refractivity contribution is 0.305. The van der Waals surface area contributed by atoms with Crippen molar-refractivity contribution in [3.05, 3.63) is 90.0 Å². The fourth-order valence-corrected chi connectivity index (χ4v) is 2.27. The van der Waals surface area contributed by atoms with Gasteiger partial charge in [-0.1, -0.05) is 30.3 Å². The molecule has 0 unspecified atom stereocenters. The van der Waals surface area contributed by atoms with Crippen molar-refractivity contribution < 1.29 is 9.47 Å². The molecule has 126 valence electrons. The molecule has 4 nitrogen and oxygen atoms in total. The van der Waals surface area contributed by atoms with Gasteiger partial charge in [0.05, 0.1) is 19.0 Å². The second-order valence-electron chi connectivity index (χ2n) is 5.45. The van der Waals surface area contributed by atoms with Crippen molar-refractivity contribution in [2.24, 2.45) is 5.10 Å². The number of methoxy groups -OCH3 is 1. The van der Waals surface area contributed by atoms with E-state index in [1.54, 1.807) is 13.3 Å². The van der Waals surface area contributed by atoms with Crippen LogP contribution in [0.5, 0.6) is 11.5 Å². The molecule has 0 aliphatic carbocycles. The molecule has 0 aliphatic heterocycles. The minimum atomic E-state index is 0.500. The summed E-state index contributed by atoms with van der Waals surface area (Å²) in [6.45, 7) is 0.500. The molecule has 3 rings (SSSR count). The Labute approximate surface area is 147 Å². The van der Waals surface area contributed by atoms with E-state index in [-0.39, 0.29) is 0 Å².